The Morgan fingerprint density at radius 1 is 1.11 bits per heavy atom. The molecular formula is C16H18FNS. The summed E-state index contributed by atoms with van der Waals surface area (Å²) < 4.78 is 13.1. The Morgan fingerprint density at radius 2 is 1.84 bits per heavy atom. The Bertz CT molecular complexity index is 525. The van der Waals surface area contributed by atoms with E-state index in [1.54, 1.807) is 23.9 Å². The van der Waals surface area contributed by atoms with Crippen molar-refractivity contribution in [2.75, 3.05) is 6.54 Å². The molecule has 1 nitrogen and oxygen atoms in total. The van der Waals surface area contributed by atoms with Crippen LogP contribution < -0.4 is 5.32 Å². The lowest BCUT2D eigenvalue weighted by molar-refractivity contribution is 0.598. The second-order valence-electron chi connectivity index (χ2n) is 4.41. The van der Waals surface area contributed by atoms with Crippen LogP contribution in [0.2, 0.25) is 0 Å². The summed E-state index contributed by atoms with van der Waals surface area (Å²) in [5, 5.41) is 3.38. The first-order valence-corrected chi connectivity index (χ1v) is 7.27. The first kappa shape index (κ1) is 14.1. The molecule has 2 aromatic carbocycles. The molecule has 3 heteroatoms. The number of hydrogen-bond donors (Lipinski definition) is 1. The minimum atomic E-state index is -0.192. The maximum Gasteiger partial charge on any atom is 0.124 e. The molecule has 0 heterocycles. The third-order valence-electron chi connectivity index (χ3n) is 2.92. The second kappa shape index (κ2) is 6.73. The largest absolute Gasteiger partial charge is 0.310 e. The molecule has 2 aromatic rings. The van der Waals surface area contributed by atoms with Crippen molar-refractivity contribution in [3.05, 3.63) is 59.9 Å². The van der Waals surface area contributed by atoms with E-state index in [9.17, 15) is 4.39 Å². The lowest BCUT2D eigenvalue weighted by Gasteiger charge is -2.13. The number of nitrogens with one attached hydrogen (secondary N) is 1. The zero-order valence-corrected chi connectivity index (χ0v) is 12.0. The van der Waals surface area contributed by atoms with Crippen molar-refractivity contribution in [2.24, 2.45) is 0 Å². The molecular weight excluding hydrogens is 257 g/mol. The lowest BCUT2D eigenvalue weighted by atomic mass is 10.1. The highest BCUT2D eigenvalue weighted by molar-refractivity contribution is 7.99. The van der Waals surface area contributed by atoms with Gasteiger partial charge in [-0.3, -0.25) is 0 Å². The third-order valence-corrected chi connectivity index (χ3v) is 3.92. The molecule has 0 aliphatic rings. The maximum absolute atomic E-state index is 13.1. The van der Waals surface area contributed by atoms with Crippen LogP contribution in [0.25, 0.3) is 0 Å². The van der Waals surface area contributed by atoms with Gasteiger partial charge < -0.3 is 5.32 Å². The van der Waals surface area contributed by atoms with Gasteiger partial charge in [0.05, 0.1) is 0 Å². The normalized spacial score (nSPS) is 12.4. The maximum atomic E-state index is 13.1. The Labute approximate surface area is 118 Å². The number of halogens is 1. The molecule has 0 aromatic heterocycles. The monoisotopic (exact) mass is 275 g/mol. The van der Waals surface area contributed by atoms with Crippen LogP contribution in [0, 0.1) is 5.82 Å². The summed E-state index contributed by atoms with van der Waals surface area (Å²) in [5.74, 6) is -0.192. The van der Waals surface area contributed by atoms with Crippen LogP contribution in [0.15, 0.2) is 58.3 Å². The predicted octanol–water partition coefficient (Wildman–Crippen LogP) is 4.65. The summed E-state index contributed by atoms with van der Waals surface area (Å²) in [5.41, 5.74) is 1.27. The summed E-state index contributed by atoms with van der Waals surface area (Å²) >= 11 is 1.58. The quantitative estimate of drug-likeness (QED) is 0.852. The molecule has 100 valence electrons. The number of benzene rings is 2. The van der Waals surface area contributed by atoms with Crippen molar-refractivity contribution >= 4 is 11.8 Å². The van der Waals surface area contributed by atoms with Crippen LogP contribution >= 0.6 is 11.8 Å². The van der Waals surface area contributed by atoms with Crippen LogP contribution in [0.4, 0.5) is 4.39 Å². The zero-order chi connectivity index (χ0) is 13.7. The average molecular weight is 275 g/mol. The van der Waals surface area contributed by atoms with Gasteiger partial charge >= 0.3 is 0 Å². The van der Waals surface area contributed by atoms with Gasteiger partial charge in [0.25, 0.3) is 0 Å². The molecule has 0 spiro atoms. The Balaban J connectivity index is 2.06. The van der Waals surface area contributed by atoms with Crippen LogP contribution in [0.3, 0.4) is 0 Å². The van der Waals surface area contributed by atoms with Gasteiger partial charge in [-0.25, -0.2) is 4.39 Å². The third kappa shape index (κ3) is 4.08. The fourth-order valence-corrected chi connectivity index (χ4v) is 2.78. The van der Waals surface area contributed by atoms with Gasteiger partial charge in [0.15, 0.2) is 0 Å². The van der Waals surface area contributed by atoms with Crippen molar-refractivity contribution in [2.45, 2.75) is 29.7 Å². The molecule has 0 fully saturated rings. The van der Waals surface area contributed by atoms with Crippen LogP contribution in [0.5, 0.6) is 0 Å². The topological polar surface area (TPSA) is 12.0 Å². The van der Waals surface area contributed by atoms with Crippen LogP contribution in [0.1, 0.15) is 25.5 Å². The van der Waals surface area contributed by atoms with Crippen LogP contribution in [-0.4, -0.2) is 6.54 Å². The van der Waals surface area contributed by atoms with Gasteiger partial charge in [-0.05, 0) is 49.4 Å². The fraction of sp³-hybridized carbons (Fsp3) is 0.250. The van der Waals surface area contributed by atoms with Crippen molar-refractivity contribution in [1.82, 2.24) is 5.32 Å². The van der Waals surface area contributed by atoms with Crippen molar-refractivity contribution < 1.29 is 4.39 Å². The highest BCUT2D eigenvalue weighted by Gasteiger charge is 2.04. The summed E-state index contributed by atoms with van der Waals surface area (Å²) in [6.45, 7) is 5.21. The number of rotatable bonds is 5. The van der Waals surface area contributed by atoms with Crippen LogP contribution in [-0.2, 0) is 0 Å². The summed E-state index contributed by atoms with van der Waals surface area (Å²) in [6.07, 6.45) is 0. The minimum Gasteiger partial charge on any atom is -0.310 e. The number of hydrogen-bond acceptors (Lipinski definition) is 2. The van der Waals surface area contributed by atoms with E-state index in [2.05, 4.69) is 43.4 Å². The molecule has 0 aliphatic heterocycles. The van der Waals surface area contributed by atoms with E-state index in [1.165, 1.54) is 11.6 Å². The van der Waals surface area contributed by atoms with Gasteiger partial charge in [0, 0.05) is 15.8 Å². The van der Waals surface area contributed by atoms with E-state index in [1.807, 2.05) is 6.07 Å². The van der Waals surface area contributed by atoms with Gasteiger partial charge in [-0.1, -0.05) is 36.9 Å². The second-order valence-corrected chi connectivity index (χ2v) is 5.55. The standard InChI is InChI=1S/C16H18FNS/c1-3-18-12(2)13-7-9-15(10-8-13)19-16-6-4-5-14(17)11-16/h4-12,18H,3H2,1-2H3. The molecule has 0 saturated heterocycles. The molecule has 0 bridgehead atoms. The zero-order valence-electron chi connectivity index (χ0n) is 11.2. The Hall–Kier alpha value is -1.32. The Kier molecular flexibility index (Phi) is 5.00. The summed E-state index contributed by atoms with van der Waals surface area (Å²) in [7, 11) is 0. The fourth-order valence-electron chi connectivity index (χ4n) is 1.92. The highest BCUT2D eigenvalue weighted by Crippen LogP contribution is 2.28. The average Bonchev–Trinajstić information content (AvgIpc) is 2.40. The molecule has 1 unspecified atom stereocenters. The predicted molar refractivity (Wildman–Crippen MR) is 79.1 cm³/mol. The SMILES string of the molecule is CCNC(C)c1ccc(Sc2cccc(F)c2)cc1. The summed E-state index contributed by atoms with van der Waals surface area (Å²) in [6, 6.07) is 15.4. The molecule has 0 aliphatic carbocycles. The molecule has 0 radical (unpaired) electrons. The van der Waals surface area contributed by atoms with E-state index in [0.717, 1.165) is 16.3 Å². The van der Waals surface area contributed by atoms with Gasteiger partial charge in [0.2, 0.25) is 0 Å². The van der Waals surface area contributed by atoms with Crippen molar-refractivity contribution in [3.63, 3.8) is 0 Å². The molecule has 0 saturated carbocycles. The molecule has 2 rings (SSSR count). The first-order valence-electron chi connectivity index (χ1n) is 6.46. The Morgan fingerprint density at radius 3 is 2.47 bits per heavy atom. The summed E-state index contributed by atoms with van der Waals surface area (Å²) in [4.78, 5) is 2.05. The van der Waals surface area contributed by atoms with Crippen molar-refractivity contribution in [1.29, 1.82) is 0 Å². The van der Waals surface area contributed by atoms with E-state index in [4.69, 9.17) is 0 Å². The van der Waals surface area contributed by atoms with Gasteiger partial charge in [-0.2, -0.15) is 0 Å². The smallest absolute Gasteiger partial charge is 0.124 e. The lowest BCUT2D eigenvalue weighted by Crippen LogP contribution is -2.17. The molecule has 19 heavy (non-hydrogen) atoms. The molecule has 1 N–H and O–H groups in total. The molecule has 1 atom stereocenters. The van der Waals surface area contributed by atoms with Gasteiger partial charge in [-0.15, -0.1) is 0 Å². The van der Waals surface area contributed by atoms with E-state index >= 15 is 0 Å². The highest BCUT2D eigenvalue weighted by atomic mass is 32.2. The van der Waals surface area contributed by atoms with E-state index in [0.29, 0.717) is 6.04 Å². The van der Waals surface area contributed by atoms with E-state index < -0.39 is 0 Å². The van der Waals surface area contributed by atoms with E-state index in [-0.39, 0.29) is 5.82 Å². The minimum absolute atomic E-state index is 0.192. The van der Waals surface area contributed by atoms with Gasteiger partial charge in [0.1, 0.15) is 5.82 Å². The first-order chi connectivity index (χ1) is 9.19. The van der Waals surface area contributed by atoms with Crippen molar-refractivity contribution in [3.8, 4) is 0 Å². The molecule has 0 amide bonds.